The van der Waals surface area contributed by atoms with Crippen LogP contribution >= 0.6 is 0 Å². The first-order chi connectivity index (χ1) is 8.72. The number of ether oxygens (including phenoxy) is 1. The van der Waals surface area contributed by atoms with Gasteiger partial charge in [0.05, 0.1) is 0 Å². The third-order valence-corrected chi connectivity index (χ3v) is 2.78. The van der Waals surface area contributed by atoms with Crippen molar-refractivity contribution in [3.05, 3.63) is 29.8 Å². The summed E-state index contributed by atoms with van der Waals surface area (Å²) < 4.78 is 5.43. The molecule has 0 bridgehead atoms. The molecule has 18 heavy (non-hydrogen) atoms. The molecule has 0 saturated carbocycles. The SMILES string of the molecule is CCCOCCCNC(C)Cc1ccc(O)cc1. The average Bonchev–Trinajstić information content (AvgIpc) is 2.36. The predicted molar refractivity (Wildman–Crippen MR) is 75.0 cm³/mol. The van der Waals surface area contributed by atoms with Crippen molar-refractivity contribution in [2.75, 3.05) is 19.8 Å². The van der Waals surface area contributed by atoms with Gasteiger partial charge in [-0.25, -0.2) is 0 Å². The summed E-state index contributed by atoms with van der Waals surface area (Å²) in [6, 6.07) is 7.86. The fourth-order valence-electron chi connectivity index (χ4n) is 1.83. The second-order valence-corrected chi connectivity index (χ2v) is 4.69. The minimum atomic E-state index is 0.326. The van der Waals surface area contributed by atoms with Gasteiger partial charge >= 0.3 is 0 Å². The highest BCUT2D eigenvalue weighted by molar-refractivity contribution is 5.26. The number of hydrogen-bond donors (Lipinski definition) is 2. The summed E-state index contributed by atoms with van der Waals surface area (Å²) in [7, 11) is 0. The Kier molecular flexibility index (Phi) is 7.46. The van der Waals surface area contributed by atoms with Crippen LogP contribution in [0.4, 0.5) is 0 Å². The van der Waals surface area contributed by atoms with Gasteiger partial charge in [-0.3, -0.25) is 0 Å². The van der Waals surface area contributed by atoms with Gasteiger partial charge in [0, 0.05) is 19.3 Å². The molecule has 0 aliphatic rings. The van der Waals surface area contributed by atoms with Crippen molar-refractivity contribution in [2.45, 2.75) is 39.2 Å². The van der Waals surface area contributed by atoms with Gasteiger partial charge < -0.3 is 15.2 Å². The largest absolute Gasteiger partial charge is 0.508 e. The van der Waals surface area contributed by atoms with E-state index in [1.807, 2.05) is 12.1 Å². The van der Waals surface area contributed by atoms with Crippen LogP contribution in [0, 0.1) is 0 Å². The fraction of sp³-hybridized carbons (Fsp3) is 0.600. The smallest absolute Gasteiger partial charge is 0.115 e. The molecule has 0 saturated heterocycles. The van der Waals surface area contributed by atoms with Crippen molar-refractivity contribution >= 4 is 0 Å². The molecule has 0 fully saturated rings. The Morgan fingerprint density at radius 3 is 2.61 bits per heavy atom. The second kappa shape index (κ2) is 8.95. The maximum atomic E-state index is 9.21. The molecule has 0 aliphatic carbocycles. The molecule has 1 aromatic rings. The van der Waals surface area contributed by atoms with Crippen LogP contribution in [-0.4, -0.2) is 30.9 Å². The lowest BCUT2D eigenvalue weighted by Crippen LogP contribution is -2.29. The number of aromatic hydroxyl groups is 1. The summed E-state index contributed by atoms with van der Waals surface area (Å²) in [6.07, 6.45) is 3.13. The molecule has 3 heteroatoms. The third-order valence-electron chi connectivity index (χ3n) is 2.78. The van der Waals surface area contributed by atoms with Gasteiger partial charge in [-0.05, 0) is 50.4 Å². The monoisotopic (exact) mass is 251 g/mol. The zero-order valence-electron chi connectivity index (χ0n) is 11.5. The van der Waals surface area contributed by atoms with E-state index in [0.29, 0.717) is 11.8 Å². The van der Waals surface area contributed by atoms with Crippen molar-refractivity contribution in [2.24, 2.45) is 0 Å². The van der Waals surface area contributed by atoms with Crippen LogP contribution in [0.5, 0.6) is 5.75 Å². The van der Waals surface area contributed by atoms with E-state index >= 15 is 0 Å². The lowest BCUT2D eigenvalue weighted by atomic mass is 10.1. The third kappa shape index (κ3) is 6.62. The van der Waals surface area contributed by atoms with Gasteiger partial charge in [-0.15, -0.1) is 0 Å². The van der Waals surface area contributed by atoms with Crippen LogP contribution in [0.15, 0.2) is 24.3 Å². The molecule has 3 nitrogen and oxygen atoms in total. The lowest BCUT2D eigenvalue weighted by molar-refractivity contribution is 0.132. The molecular weight excluding hydrogens is 226 g/mol. The highest BCUT2D eigenvalue weighted by atomic mass is 16.5. The minimum absolute atomic E-state index is 0.326. The normalized spacial score (nSPS) is 12.6. The van der Waals surface area contributed by atoms with Crippen molar-refractivity contribution < 1.29 is 9.84 Å². The van der Waals surface area contributed by atoms with Gasteiger partial charge in [0.25, 0.3) is 0 Å². The molecule has 0 aromatic heterocycles. The summed E-state index contributed by atoms with van der Waals surface area (Å²) >= 11 is 0. The Bertz CT molecular complexity index is 311. The molecule has 0 radical (unpaired) electrons. The number of benzene rings is 1. The molecule has 1 aromatic carbocycles. The zero-order valence-corrected chi connectivity index (χ0v) is 11.5. The first-order valence-electron chi connectivity index (χ1n) is 6.81. The van der Waals surface area contributed by atoms with E-state index in [1.165, 1.54) is 5.56 Å². The Labute approximate surface area is 110 Å². The van der Waals surface area contributed by atoms with Crippen molar-refractivity contribution in [1.29, 1.82) is 0 Å². The Morgan fingerprint density at radius 1 is 1.22 bits per heavy atom. The first-order valence-corrected chi connectivity index (χ1v) is 6.81. The molecular formula is C15H25NO2. The topological polar surface area (TPSA) is 41.5 Å². The molecule has 1 unspecified atom stereocenters. The van der Waals surface area contributed by atoms with E-state index in [4.69, 9.17) is 4.74 Å². The van der Waals surface area contributed by atoms with E-state index in [2.05, 4.69) is 19.2 Å². The molecule has 1 rings (SSSR count). The van der Waals surface area contributed by atoms with Crippen LogP contribution in [0.3, 0.4) is 0 Å². The van der Waals surface area contributed by atoms with E-state index in [1.54, 1.807) is 12.1 Å². The molecule has 1 atom stereocenters. The zero-order chi connectivity index (χ0) is 13.2. The maximum Gasteiger partial charge on any atom is 0.115 e. The van der Waals surface area contributed by atoms with E-state index in [0.717, 1.165) is 39.0 Å². The van der Waals surface area contributed by atoms with Crippen molar-refractivity contribution in [3.8, 4) is 5.75 Å². The second-order valence-electron chi connectivity index (χ2n) is 4.69. The molecule has 0 amide bonds. The average molecular weight is 251 g/mol. The van der Waals surface area contributed by atoms with Crippen LogP contribution < -0.4 is 5.32 Å². The highest BCUT2D eigenvalue weighted by Crippen LogP contribution is 2.11. The van der Waals surface area contributed by atoms with Gasteiger partial charge in [0.15, 0.2) is 0 Å². The molecule has 0 aliphatic heterocycles. The highest BCUT2D eigenvalue weighted by Gasteiger charge is 2.02. The van der Waals surface area contributed by atoms with E-state index in [9.17, 15) is 5.11 Å². The van der Waals surface area contributed by atoms with Crippen LogP contribution in [0.1, 0.15) is 32.3 Å². The molecule has 102 valence electrons. The maximum absolute atomic E-state index is 9.21. The quantitative estimate of drug-likeness (QED) is 0.663. The summed E-state index contributed by atoms with van der Waals surface area (Å²) in [6.45, 7) is 7.00. The fourth-order valence-corrected chi connectivity index (χ4v) is 1.83. The van der Waals surface area contributed by atoms with E-state index in [-0.39, 0.29) is 0 Å². The summed E-state index contributed by atoms with van der Waals surface area (Å²) in [5.74, 6) is 0.326. The van der Waals surface area contributed by atoms with Gasteiger partial charge in [0.1, 0.15) is 5.75 Å². The summed E-state index contributed by atoms with van der Waals surface area (Å²) in [5, 5.41) is 12.7. The molecule has 0 heterocycles. The summed E-state index contributed by atoms with van der Waals surface area (Å²) in [5.41, 5.74) is 1.25. The van der Waals surface area contributed by atoms with E-state index < -0.39 is 0 Å². The number of rotatable bonds is 9. The number of phenolic OH excluding ortho intramolecular Hbond substituents is 1. The molecule has 0 spiro atoms. The lowest BCUT2D eigenvalue weighted by Gasteiger charge is -2.14. The number of hydrogen-bond acceptors (Lipinski definition) is 3. The number of nitrogens with one attached hydrogen (secondary N) is 1. The Morgan fingerprint density at radius 2 is 1.94 bits per heavy atom. The molecule has 2 N–H and O–H groups in total. The van der Waals surface area contributed by atoms with Gasteiger partial charge in [-0.1, -0.05) is 19.1 Å². The Balaban J connectivity index is 2.10. The standard InChI is InChI=1S/C15H25NO2/c1-3-10-18-11-4-9-16-13(2)12-14-5-7-15(17)8-6-14/h5-8,13,16-17H,3-4,9-12H2,1-2H3. The number of phenols is 1. The van der Waals surface area contributed by atoms with Gasteiger partial charge in [-0.2, -0.15) is 0 Å². The van der Waals surface area contributed by atoms with Crippen LogP contribution in [-0.2, 0) is 11.2 Å². The van der Waals surface area contributed by atoms with Gasteiger partial charge in [0.2, 0.25) is 0 Å². The van der Waals surface area contributed by atoms with Crippen LogP contribution in [0.2, 0.25) is 0 Å². The van der Waals surface area contributed by atoms with Crippen molar-refractivity contribution in [1.82, 2.24) is 5.32 Å². The van der Waals surface area contributed by atoms with Crippen LogP contribution in [0.25, 0.3) is 0 Å². The predicted octanol–water partition coefficient (Wildman–Crippen LogP) is 2.73. The summed E-state index contributed by atoms with van der Waals surface area (Å²) in [4.78, 5) is 0. The Hall–Kier alpha value is -1.06. The first kappa shape index (κ1) is 15.0. The minimum Gasteiger partial charge on any atom is -0.508 e. The van der Waals surface area contributed by atoms with Crippen molar-refractivity contribution in [3.63, 3.8) is 0 Å².